The van der Waals surface area contributed by atoms with Gasteiger partial charge >= 0.3 is 0 Å². The van der Waals surface area contributed by atoms with Crippen LogP contribution < -0.4 is 16.4 Å². The van der Waals surface area contributed by atoms with Crippen molar-refractivity contribution in [1.29, 1.82) is 0 Å². The summed E-state index contributed by atoms with van der Waals surface area (Å²) in [6.45, 7) is 0.611. The molecule has 0 radical (unpaired) electrons. The first-order valence-corrected chi connectivity index (χ1v) is 6.52. The molecule has 1 aromatic heterocycles. The molecule has 2 rings (SSSR count). The minimum atomic E-state index is -0.301. The zero-order chi connectivity index (χ0) is 15.2. The van der Waals surface area contributed by atoms with Crippen molar-refractivity contribution < 1.29 is 14.0 Å². The molecule has 0 unspecified atom stereocenters. The second-order valence-electron chi connectivity index (χ2n) is 4.43. The largest absolute Gasteiger partial charge is 0.455 e. The molecule has 4 N–H and O–H groups in total. The SMILES string of the molecule is CNC(=O)c1ccc(CNC(=O)c2ccc(CN)o2)cc1. The Labute approximate surface area is 122 Å². The maximum absolute atomic E-state index is 11.9. The van der Waals surface area contributed by atoms with Crippen LogP contribution in [0.5, 0.6) is 0 Å². The number of rotatable bonds is 5. The van der Waals surface area contributed by atoms with Gasteiger partial charge in [-0.1, -0.05) is 12.1 Å². The van der Waals surface area contributed by atoms with Gasteiger partial charge < -0.3 is 20.8 Å². The van der Waals surface area contributed by atoms with Crippen LogP contribution in [0.4, 0.5) is 0 Å². The van der Waals surface area contributed by atoms with Gasteiger partial charge in [-0.3, -0.25) is 9.59 Å². The van der Waals surface area contributed by atoms with E-state index in [1.807, 2.05) is 0 Å². The van der Waals surface area contributed by atoms with Crippen molar-refractivity contribution in [3.63, 3.8) is 0 Å². The summed E-state index contributed by atoms with van der Waals surface area (Å²) < 4.78 is 5.26. The standard InChI is InChI=1S/C15H17N3O3/c1-17-14(19)11-4-2-10(3-5-11)9-18-15(20)13-7-6-12(8-16)21-13/h2-7H,8-9,16H2,1H3,(H,17,19)(H,18,20). The number of nitrogens with one attached hydrogen (secondary N) is 2. The molecule has 6 nitrogen and oxygen atoms in total. The molecule has 1 aromatic carbocycles. The van der Waals surface area contributed by atoms with E-state index in [1.165, 1.54) is 0 Å². The molecule has 0 saturated heterocycles. The summed E-state index contributed by atoms with van der Waals surface area (Å²) in [5.74, 6) is 0.355. The summed E-state index contributed by atoms with van der Waals surface area (Å²) in [7, 11) is 1.58. The lowest BCUT2D eigenvalue weighted by Gasteiger charge is -2.05. The smallest absolute Gasteiger partial charge is 0.287 e. The van der Waals surface area contributed by atoms with Crippen LogP contribution in [-0.2, 0) is 13.1 Å². The van der Waals surface area contributed by atoms with Crippen LogP contribution in [-0.4, -0.2) is 18.9 Å². The number of hydrogen-bond acceptors (Lipinski definition) is 4. The lowest BCUT2D eigenvalue weighted by molar-refractivity contribution is 0.0919. The molecule has 0 atom stereocenters. The Hall–Kier alpha value is -2.60. The molecular weight excluding hydrogens is 270 g/mol. The summed E-state index contributed by atoms with van der Waals surface area (Å²) in [6.07, 6.45) is 0. The normalized spacial score (nSPS) is 10.2. The molecule has 0 aliphatic rings. The van der Waals surface area contributed by atoms with E-state index in [0.29, 0.717) is 17.9 Å². The van der Waals surface area contributed by atoms with Gasteiger partial charge in [-0.15, -0.1) is 0 Å². The third kappa shape index (κ3) is 3.70. The van der Waals surface area contributed by atoms with E-state index in [-0.39, 0.29) is 24.1 Å². The fourth-order valence-electron chi connectivity index (χ4n) is 1.80. The number of nitrogens with two attached hydrogens (primary N) is 1. The molecule has 2 amide bonds. The van der Waals surface area contributed by atoms with Gasteiger partial charge in [0.25, 0.3) is 11.8 Å². The highest BCUT2D eigenvalue weighted by Crippen LogP contribution is 2.08. The first-order chi connectivity index (χ1) is 10.1. The predicted octanol–water partition coefficient (Wildman–Crippen LogP) is 1.03. The quantitative estimate of drug-likeness (QED) is 0.765. The maximum atomic E-state index is 11.9. The van der Waals surface area contributed by atoms with Crippen LogP contribution in [0.15, 0.2) is 40.8 Å². The Balaban J connectivity index is 1.93. The minimum absolute atomic E-state index is 0.143. The molecule has 21 heavy (non-hydrogen) atoms. The van der Waals surface area contributed by atoms with Crippen molar-refractivity contribution >= 4 is 11.8 Å². The summed E-state index contributed by atoms with van der Waals surface area (Å²) in [6, 6.07) is 10.3. The van der Waals surface area contributed by atoms with Crippen LogP contribution in [0.1, 0.15) is 32.2 Å². The molecule has 110 valence electrons. The van der Waals surface area contributed by atoms with E-state index in [0.717, 1.165) is 5.56 Å². The highest BCUT2D eigenvalue weighted by Gasteiger charge is 2.10. The summed E-state index contributed by atoms with van der Waals surface area (Å²) in [5.41, 5.74) is 6.89. The fraction of sp³-hybridized carbons (Fsp3) is 0.200. The van der Waals surface area contributed by atoms with Crippen LogP contribution in [0.25, 0.3) is 0 Å². The monoisotopic (exact) mass is 287 g/mol. The van der Waals surface area contributed by atoms with Crippen molar-refractivity contribution in [1.82, 2.24) is 10.6 Å². The molecule has 0 aliphatic carbocycles. The Kier molecular flexibility index (Phi) is 4.73. The first kappa shape index (κ1) is 14.8. The number of carbonyl (C=O) groups excluding carboxylic acids is 2. The highest BCUT2D eigenvalue weighted by atomic mass is 16.4. The molecule has 1 heterocycles. The van der Waals surface area contributed by atoms with Crippen molar-refractivity contribution in [2.75, 3.05) is 7.05 Å². The van der Waals surface area contributed by atoms with E-state index in [9.17, 15) is 9.59 Å². The van der Waals surface area contributed by atoms with Gasteiger partial charge in [0.1, 0.15) is 5.76 Å². The molecule has 6 heteroatoms. The fourth-order valence-corrected chi connectivity index (χ4v) is 1.80. The number of furan rings is 1. The van der Waals surface area contributed by atoms with Crippen molar-refractivity contribution in [2.45, 2.75) is 13.1 Å². The van der Waals surface area contributed by atoms with Crippen LogP contribution in [0.3, 0.4) is 0 Å². The lowest BCUT2D eigenvalue weighted by Crippen LogP contribution is -2.22. The summed E-state index contributed by atoms with van der Waals surface area (Å²) in [4.78, 5) is 23.3. The van der Waals surface area contributed by atoms with Gasteiger partial charge in [-0.05, 0) is 29.8 Å². The van der Waals surface area contributed by atoms with E-state index in [2.05, 4.69) is 10.6 Å². The molecule has 0 spiro atoms. The van der Waals surface area contributed by atoms with E-state index >= 15 is 0 Å². The van der Waals surface area contributed by atoms with Gasteiger partial charge in [0.05, 0.1) is 6.54 Å². The second kappa shape index (κ2) is 6.71. The van der Waals surface area contributed by atoms with Crippen molar-refractivity contribution in [2.24, 2.45) is 5.73 Å². The van der Waals surface area contributed by atoms with E-state index < -0.39 is 0 Å². The van der Waals surface area contributed by atoms with Gasteiger partial charge in [0, 0.05) is 19.2 Å². The molecule has 0 bridgehead atoms. The molecule has 2 aromatic rings. The third-order valence-corrected chi connectivity index (χ3v) is 2.98. The predicted molar refractivity (Wildman–Crippen MR) is 77.6 cm³/mol. The lowest BCUT2D eigenvalue weighted by atomic mass is 10.1. The summed E-state index contributed by atoms with van der Waals surface area (Å²) >= 11 is 0. The molecule has 0 saturated carbocycles. The Bertz CT molecular complexity index is 632. The Morgan fingerprint density at radius 1 is 1.10 bits per heavy atom. The maximum Gasteiger partial charge on any atom is 0.287 e. The zero-order valence-corrected chi connectivity index (χ0v) is 11.7. The number of amides is 2. The van der Waals surface area contributed by atoms with E-state index in [4.69, 9.17) is 10.2 Å². The van der Waals surface area contributed by atoms with Gasteiger partial charge in [-0.25, -0.2) is 0 Å². The Morgan fingerprint density at radius 3 is 2.38 bits per heavy atom. The van der Waals surface area contributed by atoms with Crippen LogP contribution in [0.2, 0.25) is 0 Å². The number of benzene rings is 1. The Morgan fingerprint density at radius 2 is 1.81 bits per heavy atom. The van der Waals surface area contributed by atoms with Gasteiger partial charge in [-0.2, -0.15) is 0 Å². The van der Waals surface area contributed by atoms with Crippen LogP contribution >= 0.6 is 0 Å². The molecule has 0 fully saturated rings. The van der Waals surface area contributed by atoms with Crippen molar-refractivity contribution in [3.05, 3.63) is 59.0 Å². The van der Waals surface area contributed by atoms with Gasteiger partial charge in [0.2, 0.25) is 0 Å². The zero-order valence-electron chi connectivity index (χ0n) is 11.7. The van der Waals surface area contributed by atoms with E-state index in [1.54, 1.807) is 43.4 Å². The average molecular weight is 287 g/mol. The number of carbonyl (C=O) groups is 2. The van der Waals surface area contributed by atoms with Gasteiger partial charge in [0.15, 0.2) is 5.76 Å². The molecular formula is C15H17N3O3. The summed E-state index contributed by atoms with van der Waals surface area (Å²) in [5, 5.41) is 5.29. The highest BCUT2D eigenvalue weighted by molar-refractivity contribution is 5.94. The van der Waals surface area contributed by atoms with Crippen LogP contribution in [0, 0.1) is 0 Å². The first-order valence-electron chi connectivity index (χ1n) is 6.52. The van der Waals surface area contributed by atoms with Crippen molar-refractivity contribution in [3.8, 4) is 0 Å². The second-order valence-corrected chi connectivity index (χ2v) is 4.43. The minimum Gasteiger partial charge on any atom is -0.455 e. The topological polar surface area (TPSA) is 97.4 Å². The average Bonchev–Trinajstić information content (AvgIpc) is 3.01. The number of hydrogen-bond donors (Lipinski definition) is 3. The third-order valence-electron chi connectivity index (χ3n) is 2.98. The molecule has 0 aliphatic heterocycles.